The van der Waals surface area contributed by atoms with Crippen LogP contribution < -0.4 is 16.6 Å². The Morgan fingerprint density at radius 1 is 1.23 bits per heavy atom. The molecule has 0 aliphatic heterocycles. The first-order valence-corrected chi connectivity index (χ1v) is 7.80. The highest BCUT2D eigenvalue weighted by Crippen LogP contribution is 2.28. The zero-order valence-corrected chi connectivity index (χ0v) is 12.6. The van der Waals surface area contributed by atoms with Crippen molar-refractivity contribution in [3.05, 3.63) is 34.2 Å². The van der Waals surface area contributed by atoms with E-state index in [1.165, 1.54) is 12.3 Å². The summed E-state index contributed by atoms with van der Waals surface area (Å²) in [4.78, 5) is 37.2. The number of nitrogens with two attached hydrogens (primary N) is 1. The molecule has 2 rings (SSSR count). The van der Waals surface area contributed by atoms with E-state index in [0.29, 0.717) is 30.9 Å². The number of ketones is 1. The monoisotopic (exact) mass is 305 g/mol. The molecule has 6 heteroatoms. The third-order valence-corrected chi connectivity index (χ3v) is 4.16. The molecule has 22 heavy (non-hydrogen) atoms. The lowest BCUT2D eigenvalue weighted by Gasteiger charge is -2.28. The summed E-state index contributed by atoms with van der Waals surface area (Å²) in [5.41, 5.74) is 5.71. The molecule has 0 atom stereocenters. The van der Waals surface area contributed by atoms with E-state index in [-0.39, 0.29) is 23.3 Å². The highest BCUT2D eigenvalue weighted by molar-refractivity contribution is 5.95. The summed E-state index contributed by atoms with van der Waals surface area (Å²) < 4.78 is 0. The van der Waals surface area contributed by atoms with Crippen LogP contribution in [-0.2, 0) is 4.79 Å². The lowest BCUT2D eigenvalue weighted by Crippen LogP contribution is -2.38. The summed E-state index contributed by atoms with van der Waals surface area (Å²) in [5.74, 6) is 0.421. The molecule has 6 nitrogen and oxygen atoms in total. The second-order valence-corrected chi connectivity index (χ2v) is 5.89. The van der Waals surface area contributed by atoms with Crippen molar-refractivity contribution in [3.8, 4) is 0 Å². The third-order valence-electron chi connectivity index (χ3n) is 4.16. The van der Waals surface area contributed by atoms with Crippen LogP contribution >= 0.6 is 0 Å². The van der Waals surface area contributed by atoms with Gasteiger partial charge in [-0.05, 0) is 37.7 Å². The van der Waals surface area contributed by atoms with Gasteiger partial charge in [-0.2, -0.15) is 0 Å². The van der Waals surface area contributed by atoms with Crippen LogP contribution in [0, 0.1) is 5.92 Å². The molecule has 1 amide bonds. The van der Waals surface area contributed by atoms with Gasteiger partial charge in [-0.15, -0.1) is 0 Å². The van der Waals surface area contributed by atoms with Crippen LogP contribution in [0.1, 0.15) is 48.9 Å². The van der Waals surface area contributed by atoms with E-state index in [4.69, 9.17) is 5.73 Å². The van der Waals surface area contributed by atoms with Gasteiger partial charge in [0.25, 0.3) is 0 Å². The number of pyridine rings is 1. The van der Waals surface area contributed by atoms with Crippen LogP contribution in [0.3, 0.4) is 0 Å². The van der Waals surface area contributed by atoms with Gasteiger partial charge in [0.2, 0.25) is 11.5 Å². The molecule has 1 aliphatic carbocycles. The summed E-state index contributed by atoms with van der Waals surface area (Å²) in [7, 11) is 0. The Hall–Kier alpha value is -1.95. The smallest absolute Gasteiger partial charge is 0.247 e. The van der Waals surface area contributed by atoms with Crippen molar-refractivity contribution in [1.82, 2.24) is 10.3 Å². The van der Waals surface area contributed by atoms with Crippen molar-refractivity contribution < 1.29 is 9.59 Å². The van der Waals surface area contributed by atoms with Crippen LogP contribution in [0.4, 0.5) is 0 Å². The highest BCUT2D eigenvalue weighted by atomic mass is 16.1. The van der Waals surface area contributed by atoms with Gasteiger partial charge < -0.3 is 16.0 Å². The standard InChI is InChI=1S/C16H23N3O3/c17-8-7-16(22)19-13-4-1-11(2-5-13)9-14(20)12-3-6-15(21)18-10-12/h3,6,10-11,13H,1-2,4-5,7-9,17H2,(H,18,21)(H,19,22). The molecule has 0 bridgehead atoms. The number of carbonyl (C=O) groups excluding carboxylic acids is 2. The molecule has 120 valence electrons. The summed E-state index contributed by atoms with van der Waals surface area (Å²) in [6, 6.07) is 3.15. The van der Waals surface area contributed by atoms with Gasteiger partial charge >= 0.3 is 0 Å². The Bertz CT molecular complexity index is 554. The average molecular weight is 305 g/mol. The molecule has 0 radical (unpaired) electrons. The van der Waals surface area contributed by atoms with E-state index in [1.54, 1.807) is 6.07 Å². The van der Waals surface area contributed by atoms with Gasteiger partial charge in [0.15, 0.2) is 5.78 Å². The minimum absolute atomic E-state index is 0.00951. The van der Waals surface area contributed by atoms with Crippen molar-refractivity contribution >= 4 is 11.7 Å². The number of amides is 1. The van der Waals surface area contributed by atoms with E-state index < -0.39 is 0 Å². The highest BCUT2D eigenvalue weighted by Gasteiger charge is 2.24. The Labute approximate surface area is 129 Å². The zero-order chi connectivity index (χ0) is 15.9. The number of aromatic amines is 1. The Morgan fingerprint density at radius 3 is 2.55 bits per heavy atom. The van der Waals surface area contributed by atoms with E-state index in [1.807, 2.05) is 0 Å². The molecule has 1 saturated carbocycles. The van der Waals surface area contributed by atoms with E-state index in [0.717, 1.165) is 25.7 Å². The molecule has 1 aromatic heterocycles. The maximum absolute atomic E-state index is 12.2. The van der Waals surface area contributed by atoms with Crippen LogP contribution in [0.15, 0.2) is 23.1 Å². The van der Waals surface area contributed by atoms with Crippen LogP contribution in [0.2, 0.25) is 0 Å². The molecule has 1 heterocycles. The number of rotatable bonds is 6. The predicted molar refractivity (Wildman–Crippen MR) is 83.6 cm³/mol. The molecule has 4 N–H and O–H groups in total. The fourth-order valence-corrected chi connectivity index (χ4v) is 2.91. The molecule has 0 spiro atoms. The average Bonchev–Trinajstić information content (AvgIpc) is 2.50. The molecule has 1 aromatic rings. The minimum atomic E-state index is -0.203. The maximum atomic E-state index is 12.2. The first-order valence-electron chi connectivity index (χ1n) is 7.80. The van der Waals surface area contributed by atoms with E-state index in [2.05, 4.69) is 10.3 Å². The summed E-state index contributed by atoms with van der Waals surface area (Å²) in [6.07, 6.45) is 6.01. The molecule has 0 saturated heterocycles. The zero-order valence-electron chi connectivity index (χ0n) is 12.6. The number of Topliss-reactive ketones (excluding diaryl/α,β-unsaturated/α-hetero) is 1. The molecular formula is C16H23N3O3. The van der Waals surface area contributed by atoms with Crippen LogP contribution in [0.5, 0.6) is 0 Å². The second kappa shape index (κ2) is 7.89. The molecule has 1 aliphatic rings. The van der Waals surface area contributed by atoms with E-state index >= 15 is 0 Å². The van der Waals surface area contributed by atoms with Gasteiger partial charge in [-0.25, -0.2) is 0 Å². The van der Waals surface area contributed by atoms with Gasteiger partial charge in [-0.3, -0.25) is 14.4 Å². The lowest BCUT2D eigenvalue weighted by molar-refractivity contribution is -0.121. The number of aromatic nitrogens is 1. The lowest BCUT2D eigenvalue weighted by atomic mass is 9.82. The summed E-state index contributed by atoms with van der Waals surface area (Å²) in [5, 5.41) is 2.99. The van der Waals surface area contributed by atoms with E-state index in [9.17, 15) is 14.4 Å². The van der Waals surface area contributed by atoms with Crippen LogP contribution in [0.25, 0.3) is 0 Å². The minimum Gasteiger partial charge on any atom is -0.353 e. The van der Waals surface area contributed by atoms with Crippen LogP contribution in [-0.4, -0.2) is 29.3 Å². The SMILES string of the molecule is NCCC(=O)NC1CCC(CC(=O)c2ccc(=O)[nH]c2)CC1. The largest absolute Gasteiger partial charge is 0.353 e. The molecule has 1 fully saturated rings. The number of carbonyl (C=O) groups is 2. The number of hydrogen-bond acceptors (Lipinski definition) is 4. The summed E-state index contributed by atoms with van der Waals surface area (Å²) >= 11 is 0. The molecule has 0 aromatic carbocycles. The normalized spacial score (nSPS) is 21.3. The third kappa shape index (κ3) is 4.80. The fraction of sp³-hybridized carbons (Fsp3) is 0.562. The Balaban J connectivity index is 1.77. The second-order valence-electron chi connectivity index (χ2n) is 5.89. The van der Waals surface area contributed by atoms with Crippen molar-refractivity contribution in [2.75, 3.05) is 6.54 Å². The van der Waals surface area contributed by atoms with Gasteiger partial charge in [0, 0.05) is 43.3 Å². The summed E-state index contributed by atoms with van der Waals surface area (Å²) in [6.45, 7) is 0.370. The van der Waals surface area contributed by atoms with Crippen molar-refractivity contribution in [1.29, 1.82) is 0 Å². The maximum Gasteiger partial charge on any atom is 0.247 e. The fourth-order valence-electron chi connectivity index (χ4n) is 2.91. The van der Waals surface area contributed by atoms with Crippen molar-refractivity contribution in [2.24, 2.45) is 11.7 Å². The van der Waals surface area contributed by atoms with Gasteiger partial charge in [0.05, 0.1) is 0 Å². The van der Waals surface area contributed by atoms with Gasteiger partial charge in [-0.1, -0.05) is 0 Å². The predicted octanol–water partition coefficient (Wildman–Crippen LogP) is 0.971. The number of H-pyrrole nitrogens is 1. The molecule has 0 unspecified atom stereocenters. The molecular weight excluding hydrogens is 282 g/mol. The number of nitrogens with one attached hydrogen (secondary N) is 2. The first kappa shape index (κ1) is 16.4. The van der Waals surface area contributed by atoms with Crippen molar-refractivity contribution in [3.63, 3.8) is 0 Å². The van der Waals surface area contributed by atoms with Gasteiger partial charge in [0.1, 0.15) is 0 Å². The Kier molecular flexibility index (Phi) is 5.89. The first-order chi connectivity index (χ1) is 10.6. The topological polar surface area (TPSA) is 105 Å². The Morgan fingerprint density at radius 2 is 1.95 bits per heavy atom. The number of hydrogen-bond donors (Lipinski definition) is 3. The quantitative estimate of drug-likeness (QED) is 0.681. The van der Waals surface area contributed by atoms with Crippen molar-refractivity contribution in [2.45, 2.75) is 44.6 Å².